The first-order valence-corrected chi connectivity index (χ1v) is 5.11. The minimum Gasteiger partial charge on any atom is -0.479 e. The third-order valence-electron chi connectivity index (χ3n) is 2.27. The van der Waals surface area contributed by atoms with Gasteiger partial charge in [-0.1, -0.05) is 30.3 Å². The molecule has 1 heterocycles. The summed E-state index contributed by atoms with van der Waals surface area (Å²) < 4.78 is 6.68. The topological polar surface area (TPSA) is 64.4 Å². The molecule has 0 saturated carbocycles. The lowest BCUT2D eigenvalue weighted by atomic mass is 10.1. The molecule has 1 aromatic heterocycles. The second-order valence-electron chi connectivity index (χ2n) is 3.54. The highest BCUT2D eigenvalue weighted by atomic mass is 16.5. The van der Waals surface area contributed by atoms with Crippen LogP contribution in [-0.4, -0.2) is 27.5 Å². The molecule has 0 radical (unpaired) electrons. The Morgan fingerprint density at radius 2 is 2.12 bits per heavy atom. The van der Waals surface area contributed by atoms with Gasteiger partial charge in [-0.15, -0.1) is 5.10 Å². The van der Waals surface area contributed by atoms with Crippen LogP contribution in [0.3, 0.4) is 0 Å². The summed E-state index contributed by atoms with van der Waals surface area (Å²) in [6, 6.07) is 11.4. The van der Waals surface area contributed by atoms with Crippen molar-refractivity contribution < 1.29 is 14.6 Å². The van der Waals surface area contributed by atoms with Crippen LogP contribution < -0.4 is 4.74 Å². The van der Waals surface area contributed by atoms with E-state index in [0.717, 1.165) is 11.3 Å². The standard InChI is InChI=1S/C12H12N2O3/c1-14-10(9-5-3-2-4-6-9)7-11(13-14)17-8-12(15)16/h2-7H,8H2,1H3,(H,15,16). The van der Waals surface area contributed by atoms with Crippen molar-refractivity contribution in [3.05, 3.63) is 36.4 Å². The van der Waals surface area contributed by atoms with E-state index >= 15 is 0 Å². The van der Waals surface area contributed by atoms with Crippen LogP contribution in [0.1, 0.15) is 0 Å². The number of carbonyl (C=O) groups is 1. The third kappa shape index (κ3) is 2.63. The summed E-state index contributed by atoms with van der Waals surface area (Å²) in [6.45, 7) is -0.384. The predicted octanol–water partition coefficient (Wildman–Crippen LogP) is 1.55. The Hall–Kier alpha value is -2.30. The fraction of sp³-hybridized carbons (Fsp3) is 0.167. The van der Waals surface area contributed by atoms with Crippen molar-refractivity contribution in [2.75, 3.05) is 6.61 Å². The fourth-order valence-corrected chi connectivity index (χ4v) is 1.53. The maximum Gasteiger partial charge on any atom is 0.341 e. The highest BCUT2D eigenvalue weighted by molar-refractivity contribution is 5.68. The zero-order valence-electron chi connectivity index (χ0n) is 9.33. The smallest absolute Gasteiger partial charge is 0.341 e. The summed E-state index contributed by atoms with van der Waals surface area (Å²) in [7, 11) is 1.79. The van der Waals surface area contributed by atoms with Crippen LogP contribution in [0.15, 0.2) is 36.4 Å². The van der Waals surface area contributed by atoms with Crippen molar-refractivity contribution in [3.63, 3.8) is 0 Å². The molecular weight excluding hydrogens is 220 g/mol. The van der Waals surface area contributed by atoms with Crippen molar-refractivity contribution in [3.8, 4) is 17.1 Å². The molecule has 5 nitrogen and oxygen atoms in total. The van der Waals surface area contributed by atoms with Crippen LogP contribution in [0.2, 0.25) is 0 Å². The average Bonchev–Trinajstić information content (AvgIpc) is 2.69. The summed E-state index contributed by atoms with van der Waals surface area (Å²) in [5.74, 6) is -0.703. The molecule has 0 amide bonds. The minimum atomic E-state index is -1.02. The van der Waals surface area contributed by atoms with E-state index in [1.54, 1.807) is 17.8 Å². The average molecular weight is 232 g/mol. The lowest BCUT2D eigenvalue weighted by Crippen LogP contribution is -2.09. The number of hydrogen-bond donors (Lipinski definition) is 1. The molecule has 5 heteroatoms. The molecule has 0 fully saturated rings. The van der Waals surface area contributed by atoms with E-state index < -0.39 is 5.97 Å². The predicted molar refractivity (Wildman–Crippen MR) is 61.8 cm³/mol. The summed E-state index contributed by atoms with van der Waals surface area (Å²) in [6.07, 6.45) is 0. The zero-order chi connectivity index (χ0) is 12.3. The van der Waals surface area contributed by atoms with Crippen LogP contribution in [0, 0.1) is 0 Å². The molecule has 2 rings (SSSR count). The molecule has 0 unspecified atom stereocenters. The highest BCUT2D eigenvalue weighted by Crippen LogP contribution is 2.22. The number of carboxylic acids is 1. The Morgan fingerprint density at radius 3 is 2.76 bits per heavy atom. The normalized spacial score (nSPS) is 10.2. The van der Waals surface area contributed by atoms with Gasteiger partial charge in [0.05, 0.1) is 5.69 Å². The van der Waals surface area contributed by atoms with E-state index in [0.29, 0.717) is 5.88 Å². The van der Waals surface area contributed by atoms with E-state index in [2.05, 4.69) is 5.10 Å². The first-order chi connectivity index (χ1) is 8.16. The number of aromatic nitrogens is 2. The Balaban J connectivity index is 2.22. The zero-order valence-corrected chi connectivity index (χ0v) is 9.33. The Kier molecular flexibility index (Phi) is 3.09. The second-order valence-corrected chi connectivity index (χ2v) is 3.54. The number of ether oxygens (including phenoxy) is 1. The van der Waals surface area contributed by atoms with E-state index in [9.17, 15) is 4.79 Å². The van der Waals surface area contributed by atoms with Crippen LogP contribution in [-0.2, 0) is 11.8 Å². The largest absolute Gasteiger partial charge is 0.479 e. The lowest BCUT2D eigenvalue weighted by Gasteiger charge is -1.99. The van der Waals surface area contributed by atoms with Gasteiger partial charge in [0.2, 0.25) is 5.88 Å². The summed E-state index contributed by atoms with van der Waals surface area (Å²) >= 11 is 0. The van der Waals surface area contributed by atoms with Gasteiger partial charge in [0.1, 0.15) is 0 Å². The number of aliphatic carboxylic acids is 1. The van der Waals surface area contributed by atoms with Gasteiger partial charge in [-0.25, -0.2) is 4.79 Å². The van der Waals surface area contributed by atoms with Gasteiger partial charge in [0.25, 0.3) is 0 Å². The maximum atomic E-state index is 10.4. The summed E-state index contributed by atoms with van der Waals surface area (Å²) in [4.78, 5) is 10.4. The van der Waals surface area contributed by atoms with E-state index in [1.165, 1.54) is 0 Å². The molecule has 0 saturated heterocycles. The van der Waals surface area contributed by atoms with Gasteiger partial charge in [0, 0.05) is 13.1 Å². The number of carboxylic acid groups (broad SMARTS) is 1. The first kappa shape index (κ1) is 11.2. The van der Waals surface area contributed by atoms with Gasteiger partial charge in [-0.2, -0.15) is 0 Å². The molecule has 2 aromatic rings. The molecule has 0 bridgehead atoms. The number of nitrogens with zero attached hydrogens (tertiary/aromatic N) is 2. The van der Waals surface area contributed by atoms with Crippen molar-refractivity contribution in [2.24, 2.45) is 7.05 Å². The summed E-state index contributed by atoms with van der Waals surface area (Å²) in [5.41, 5.74) is 1.89. The monoisotopic (exact) mass is 232 g/mol. The van der Waals surface area contributed by atoms with E-state index in [-0.39, 0.29) is 6.61 Å². The van der Waals surface area contributed by atoms with Crippen LogP contribution in [0.25, 0.3) is 11.3 Å². The van der Waals surface area contributed by atoms with Gasteiger partial charge >= 0.3 is 5.97 Å². The summed E-state index contributed by atoms with van der Waals surface area (Å²) in [5, 5.41) is 12.6. The molecule has 0 atom stereocenters. The third-order valence-corrected chi connectivity index (χ3v) is 2.27. The van der Waals surface area contributed by atoms with Crippen molar-refractivity contribution in [2.45, 2.75) is 0 Å². The quantitative estimate of drug-likeness (QED) is 0.868. The van der Waals surface area contributed by atoms with E-state index in [4.69, 9.17) is 9.84 Å². The molecule has 88 valence electrons. The second kappa shape index (κ2) is 4.69. The maximum absolute atomic E-state index is 10.4. The number of hydrogen-bond acceptors (Lipinski definition) is 3. The molecule has 0 aliphatic heterocycles. The van der Waals surface area contributed by atoms with Crippen molar-refractivity contribution in [1.29, 1.82) is 0 Å². The Morgan fingerprint density at radius 1 is 1.41 bits per heavy atom. The molecular formula is C12H12N2O3. The van der Waals surface area contributed by atoms with Crippen LogP contribution >= 0.6 is 0 Å². The minimum absolute atomic E-state index is 0.314. The highest BCUT2D eigenvalue weighted by Gasteiger charge is 2.08. The lowest BCUT2D eigenvalue weighted by molar-refractivity contribution is -0.139. The Bertz CT molecular complexity index is 520. The van der Waals surface area contributed by atoms with Crippen molar-refractivity contribution in [1.82, 2.24) is 9.78 Å². The van der Waals surface area contributed by atoms with Gasteiger partial charge in [-0.05, 0) is 5.56 Å². The van der Waals surface area contributed by atoms with Gasteiger partial charge in [0.15, 0.2) is 6.61 Å². The molecule has 0 aliphatic rings. The molecule has 1 N–H and O–H groups in total. The molecule has 0 aliphatic carbocycles. The first-order valence-electron chi connectivity index (χ1n) is 5.11. The van der Waals surface area contributed by atoms with Crippen LogP contribution in [0.5, 0.6) is 5.88 Å². The molecule has 1 aromatic carbocycles. The Labute approximate surface area is 98.3 Å². The van der Waals surface area contributed by atoms with Crippen LogP contribution in [0.4, 0.5) is 0 Å². The number of rotatable bonds is 4. The fourth-order valence-electron chi connectivity index (χ4n) is 1.53. The number of aryl methyl sites for hydroxylation is 1. The molecule has 0 spiro atoms. The number of benzene rings is 1. The van der Waals surface area contributed by atoms with Gasteiger partial charge < -0.3 is 9.84 Å². The molecule has 17 heavy (non-hydrogen) atoms. The van der Waals surface area contributed by atoms with Crippen molar-refractivity contribution >= 4 is 5.97 Å². The SMILES string of the molecule is Cn1nc(OCC(=O)O)cc1-c1ccccc1. The van der Waals surface area contributed by atoms with Gasteiger partial charge in [-0.3, -0.25) is 4.68 Å². The van der Waals surface area contributed by atoms with E-state index in [1.807, 2.05) is 30.3 Å².